The van der Waals surface area contributed by atoms with Gasteiger partial charge in [-0.1, -0.05) is 18.6 Å². The maximum atomic E-state index is 12.6. The number of likely N-dealkylation sites (tertiary alicyclic amines) is 1. The summed E-state index contributed by atoms with van der Waals surface area (Å²) in [6.45, 7) is 1.37. The smallest absolute Gasteiger partial charge is 0.395 e. The lowest BCUT2D eigenvalue weighted by molar-refractivity contribution is -0.204. The van der Waals surface area contributed by atoms with Crippen molar-refractivity contribution in [3.8, 4) is 0 Å². The van der Waals surface area contributed by atoms with Gasteiger partial charge in [-0.15, -0.1) is 11.8 Å². The van der Waals surface area contributed by atoms with E-state index in [9.17, 15) is 30.0 Å². The number of thioether (sulfide) groups is 1. The van der Waals surface area contributed by atoms with Gasteiger partial charge in [0.05, 0.1) is 25.3 Å². The molecule has 0 radical (unpaired) electrons. The summed E-state index contributed by atoms with van der Waals surface area (Å²) >= 11 is 1.16. The lowest BCUT2D eigenvalue weighted by Crippen LogP contribution is -2.63. The Morgan fingerprint density at radius 1 is 1.09 bits per heavy atom. The number of nitrogens with zero attached hydrogens (tertiary/aromatic N) is 1. The van der Waals surface area contributed by atoms with E-state index in [1.54, 1.807) is 6.08 Å². The second-order valence-corrected chi connectivity index (χ2v) is 10.7. The maximum Gasteiger partial charge on any atom is 0.418 e. The Morgan fingerprint density at radius 2 is 1.88 bits per heavy atom. The number of allylic oxidation sites excluding steroid dienone is 1. The van der Waals surface area contributed by atoms with E-state index in [-0.39, 0.29) is 30.3 Å². The number of carbonyl (C=O) groups is 2. The monoisotopic (exact) mass is 502 g/mol. The first-order valence-electron chi connectivity index (χ1n) is 11.9. The van der Waals surface area contributed by atoms with Crippen LogP contribution in [0.3, 0.4) is 0 Å². The lowest BCUT2D eigenvalue weighted by atomic mass is 9.93. The third kappa shape index (κ3) is 5.86. The lowest BCUT2D eigenvalue weighted by Gasteiger charge is -2.44. The van der Waals surface area contributed by atoms with E-state index in [2.05, 4.69) is 5.32 Å². The van der Waals surface area contributed by atoms with Crippen molar-refractivity contribution in [3.05, 3.63) is 12.2 Å². The molecular formula is C22H34N2O9S. The standard InChI is InChI=1S/C22H34N2O9S/c25-11-13-6-1-2-7-14(19-17(27)16(26)18(28)20(32-19)34-13)23-21(29)33-22(30)24-9-12-5-3-4-8-31-15(12)10-24/h1-2,12-20,25-28H,3-11H2,(H,23,29)/b2-1-/t12?,13-,14+,15?,16-,17+,18+,19+,20+/m0/s1. The summed E-state index contributed by atoms with van der Waals surface area (Å²) in [6.07, 6.45) is 0.157. The molecule has 5 N–H and O–H groups in total. The highest BCUT2D eigenvalue weighted by Crippen LogP contribution is 2.35. The van der Waals surface area contributed by atoms with Gasteiger partial charge in [0.2, 0.25) is 0 Å². The van der Waals surface area contributed by atoms with Crippen molar-refractivity contribution in [2.75, 3.05) is 26.3 Å². The van der Waals surface area contributed by atoms with Crippen LogP contribution in [0.4, 0.5) is 9.59 Å². The fraction of sp³-hybridized carbons (Fsp3) is 0.818. The van der Waals surface area contributed by atoms with Gasteiger partial charge in [0, 0.05) is 24.3 Å². The zero-order chi connectivity index (χ0) is 24.2. The molecule has 0 saturated carbocycles. The highest BCUT2D eigenvalue weighted by atomic mass is 32.2. The zero-order valence-electron chi connectivity index (χ0n) is 18.9. The van der Waals surface area contributed by atoms with E-state index in [0.29, 0.717) is 26.1 Å². The van der Waals surface area contributed by atoms with Crippen LogP contribution in [0.25, 0.3) is 0 Å². The van der Waals surface area contributed by atoms with Crippen LogP contribution in [0, 0.1) is 5.92 Å². The summed E-state index contributed by atoms with van der Waals surface area (Å²) in [7, 11) is 0. The molecule has 2 bridgehead atoms. The number of hydrogen-bond acceptors (Lipinski definition) is 10. The molecule has 3 saturated heterocycles. The molecule has 2 amide bonds. The molecule has 0 aliphatic carbocycles. The quantitative estimate of drug-likeness (QED) is 0.256. The molecule has 4 heterocycles. The average molecular weight is 503 g/mol. The Balaban J connectivity index is 1.39. The van der Waals surface area contributed by atoms with Crippen molar-refractivity contribution in [1.82, 2.24) is 10.2 Å². The van der Waals surface area contributed by atoms with Crippen LogP contribution in [0.5, 0.6) is 0 Å². The minimum Gasteiger partial charge on any atom is -0.395 e. The van der Waals surface area contributed by atoms with Crippen LogP contribution >= 0.6 is 11.8 Å². The Hall–Kier alpha value is -1.41. The normalized spacial score (nSPS) is 41.6. The molecule has 4 aliphatic rings. The number of aliphatic hydroxyl groups excluding tert-OH is 4. The number of fused-ring (bicyclic) bond motifs is 3. The van der Waals surface area contributed by atoms with Gasteiger partial charge in [0.15, 0.2) is 0 Å². The third-order valence-electron chi connectivity index (χ3n) is 6.91. The highest BCUT2D eigenvalue weighted by molar-refractivity contribution is 8.00. The molecule has 4 aliphatic heterocycles. The Morgan fingerprint density at radius 3 is 2.68 bits per heavy atom. The Kier molecular flexibility index (Phi) is 8.72. The molecule has 0 aromatic rings. The van der Waals surface area contributed by atoms with Crippen LogP contribution in [-0.2, 0) is 14.2 Å². The molecule has 192 valence electrons. The maximum absolute atomic E-state index is 12.6. The van der Waals surface area contributed by atoms with Gasteiger partial charge in [-0.3, -0.25) is 0 Å². The van der Waals surface area contributed by atoms with E-state index in [1.165, 1.54) is 4.90 Å². The number of carbonyl (C=O) groups excluding carboxylic acids is 2. The number of aliphatic hydroxyl groups is 4. The van der Waals surface area contributed by atoms with Crippen molar-refractivity contribution in [2.24, 2.45) is 5.92 Å². The van der Waals surface area contributed by atoms with Gasteiger partial charge in [0.1, 0.15) is 29.9 Å². The van der Waals surface area contributed by atoms with Crippen LogP contribution in [-0.4, -0.2) is 111 Å². The summed E-state index contributed by atoms with van der Waals surface area (Å²) in [5, 5.41) is 43.1. The molecule has 2 unspecified atom stereocenters. The van der Waals surface area contributed by atoms with Crippen molar-refractivity contribution >= 4 is 23.9 Å². The summed E-state index contributed by atoms with van der Waals surface area (Å²) in [5.74, 6) is 0.234. The molecule has 4 rings (SSSR count). The highest BCUT2D eigenvalue weighted by Gasteiger charge is 2.48. The predicted octanol–water partition coefficient (Wildman–Crippen LogP) is -0.0462. The van der Waals surface area contributed by atoms with E-state index >= 15 is 0 Å². The molecular weight excluding hydrogens is 468 g/mol. The predicted molar refractivity (Wildman–Crippen MR) is 121 cm³/mol. The average Bonchev–Trinajstić information content (AvgIpc) is 3.10. The molecule has 34 heavy (non-hydrogen) atoms. The zero-order valence-corrected chi connectivity index (χ0v) is 19.7. The van der Waals surface area contributed by atoms with E-state index in [0.717, 1.165) is 31.0 Å². The molecule has 12 heteroatoms. The SMILES string of the molecule is O=C(N[C@@H]1C/C=C\C[C@@H](CO)S[C@H]2O[C@H]1[C@H](O)[C@H](O)[C@H]2O)OC(=O)N1CC2CCCCOC2C1. The van der Waals surface area contributed by atoms with E-state index < -0.39 is 48.1 Å². The number of rotatable bonds is 2. The summed E-state index contributed by atoms with van der Waals surface area (Å²) in [5.41, 5.74) is -0.911. The molecule has 0 spiro atoms. The van der Waals surface area contributed by atoms with Gasteiger partial charge in [-0.25, -0.2) is 9.59 Å². The van der Waals surface area contributed by atoms with Gasteiger partial charge in [-0.05, 0) is 25.7 Å². The number of ether oxygens (including phenoxy) is 3. The Labute approximate surface area is 202 Å². The topological polar surface area (TPSA) is 158 Å². The van der Waals surface area contributed by atoms with Gasteiger partial charge >= 0.3 is 12.2 Å². The van der Waals surface area contributed by atoms with Crippen molar-refractivity contribution in [3.63, 3.8) is 0 Å². The fourth-order valence-electron chi connectivity index (χ4n) is 4.97. The van der Waals surface area contributed by atoms with Crippen LogP contribution < -0.4 is 5.32 Å². The second kappa shape index (κ2) is 11.5. The minimum atomic E-state index is -1.50. The fourth-order valence-corrected chi connectivity index (χ4v) is 6.17. The van der Waals surface area contributed by atoms with E-state index in [4.69, 9.17) is 14.2 Å². The number of hydrogen-bond donors (Lipinski definition) is 5. The van der Waals surface area contributed by atoms with Crippen molar-refractivity contribution < 1.29 is 44.2 Å². The van der Waals surface area contributed by atoms with Gasteiger partial charge < -0.3 is 44.9 Å². The van der Waals surface area contributed by atoms with Crippen molar-refractivity contribution in [1.29, 1.82) is 0 Å². The molecule has 3 fully saturated rings. The summed E-state index contributed by atoms with van der Waals surface area (Å²) < 4.78 is 16.7. The van der Waals surface area contributed by atoms with Crippen LogP contribution in [0.1, 0.15) is 32.1 Å². The molecule has 11 nitrogen and oxygen atoms in total. The van der Waals surface area contributed by atoms with Gasteiger partial charge in [0.25, 0.3) is 0 Å². The van der Waals surface area contributed by atoms with E-state index in [1.807, 2.05) is 6.08 Å². The number of nitrogens with one attached hydrogen (secondary N) is 1. The minimum absolute atomic E-state index is 0.0441. The van der Waals surface area contributed by atoms with Crippen LogP contribution in [0.2, 0.25) is 0 Å². The largest absolute Gasteiger partial charge is 0.418 e. The first-order chi connectivity index (χ1) is 16.4. The molecule has 0 aromatic carbocycles. The van der Waals surface area contributed by atoms with Gasteiger partial charge in [-0.2, -0.15) is 0 Å². The summed E-state index contributed by atoms with van der Waals surface area (Å²) in [6, 6.07) is -0.824. The number of alkyl carbamates (subject to hydrolysis) is 1. The third-order valence-corrected chi connectivity index (χ3v) is 8.30. The Bertz CT molecular complexity index is 742. The first kappa shape index (κ1) is 25.7. The summed E-state index contributed by atoms with van der Waals surface area (Å²) in [4.78, 5) is 26.6. The second-order valence-electron chi connectivity index (χ2n) is 9.30. The van der Waals surface area contributed by atoms with Crippen LogP contribution in [0.15, 0.2) is 12.2 Å². The van der Waals surface area contributed by atoms with Crippen molar-refractivity contribution in [2.45, 2.75) is 79.4 Å². The first-order valence-corrected chi connectivity index (χ1v) is 12.8. The number of amides is 2. The molecule has 9 atom stereocenters. The molecule has 0 aromatic heterocycles.